The van der Waals surface area contributed by atoms with E-state index in [9.17, 15) is 9.59 Å². The number of carbonyl (C=O) groups excluding carboxylic acids is 2. The minimum absolute atomic E-state index is 0.196. The van der Waals surface area contributed by atoms with Crippen LogP contribution >= 0.6 is 23.2 Å². The largest absolute Gasteiger partial charge is 0.444 e. The van der Waals surface area contributed by atoms with Crippen molar-refractivity contribution < 1.29 is 14.3 Å². The molecule has 0 radical (unpaired) electrons. The maximum absolute atomic E-state index is 11.9. The van der Waals surface area contributed by atoms with Crippen molar-refractivity contribution in [1.29, 1.82) is 0 Å². The molecular formula is C13H15Cl2NO3. The Hall–Kier alpha value is -1.26. The van der Waals surface area contributed by atoms with E-state index in [1.165, 1.54) is 0 Å². The molecule has 4 nitrogen and oxygen atoms in total. The molecule has 1 aromatic rings. The molecule has 6 heteroatoms. The van der Waals surface area contributed by atoms with Crippen LogP contribution in [0.5, 0.6) is 0 Å². The highest BCUT2D eigenvalue weighted by atomic mass is 35.5. The first-order chi connectivity index (χ1) is 8.70. The average molecular weight is 304 g/mol. The van der Waals surface area contributed by atoms with Gasteiger partial charge in [0.15, 0.2) is 5.78 Å². The first kappa shape index (κ1) is 15.8. The number of rotatable bonds is 3. The maximum atomic E-state index is 11.9. The van der Waals surface area contributed by atoms with E-state index in [-0.39, 0.29) is 27.9 Å². The van der Waals surface area contributed by atoms with Crippen molar-refractivity contribution in [2.24, 2.45) is 0 Å². The van der Waals surface area contributed by atoms with E-state index in [0.29, 0.717) is 0 Å². The number of hydrogen-bond acceptors (Lipinski definition) is 3. The summed E-state index contributed by atoms with van der Waals surface area (Å²) in [6.45, 7) is 4.98. The van der Waals surface area contributed by atoms with Gasteiger partial charge in [0.1, 0.15) is 5.60 Å². The van der Waals surface area contributed by atoms with Crippen molar-refractivity contribution >= 4 is 35.1 Å². The molecule has 0 aliphatic carbocycles. The zero-order valence-corrected chi connectivity index (χ0v) is 12.4. The molecule has 0 bridgehead atoms. The fraction of sp³-hybridized carbons (Fsp3) is 0.385. The lowest BCUT2D eigenvalue weighted by Crippen LogP contribution is -2.35. The number of hydrogen-bond donors (Lipinski definition) is 1. The molecule has 0 spiro atoms. The Kier molecular flexibility index (Phi) is 5.20. The number of amides is 1. The summed E-state index contributed by atoms with van der Waals surface area (Å²) in [5.41, 5.74) is -0.420. The van der Waals surface area contributed by atoms with Gasteiger partial charge in [-0.25, -0.2) is 4.79 Å². The quantitative estimate of drug-likeness (QED) is 0.866. The van der Waals surface area contributed by atoms with Crippen molar-refractivity contribution in [2.45, 2.75) is 26.4 Å². The second-order valence-corrected chi connectivity index (χ2v) is 5.69. The van der Waals surface area contributed by atoms with Crippen LogP contribution in [0.3, 0.4) is 0 Å². The predicted molar refractivity (Wildman–Crippen MR) is 75.0 cm³/mol. The van der Waals surface area contributed by atoms with Gasteiger partial charge in [-0.1, -0.05) is 29.3 Å². The highest BCUT2D eigenvalue weighted by molar-refractivity contribution is 6.40. The lowest BCUT2D eigenvalue weighted by atomic mass is 10.1. The molecule has 0 aliphatic rings. The van der Waals surface area contributed by atoms with Gasteiger partial charge in [0.25, 0.3) is 0 Å². The van der Waals surface area contributed by atoms with Gasteiger partial charge in [-0.15, -0.1) is 0 Å². The summed E-state index contributed by atoms with van der Waals surface area (Å²) in [4.78, 5) is 23.3. The van der Waals surface area contributed by atoms with Crippen LogP contribution in [0.4, 0.5) is 4.79 Å². The fourth-order valence-electron chi connectivity index (χ4n) is 1.32. The van der Waals surface area contributed by atoms with Gasteiger partial charge in [0.05, 0.1) is 22.2 Å². The van der Waals surface area contributed by atoms with Crippen LogP contribution in [0.1, 0.15) is 31.1 Å². The van der Waals surface area contributed by atoms with Crippen LogP contribution in [-0.2, 0) is 4.74 Å². The summed E-state index contributed by atoms with van der Waals surface area (Å²) < 4.78 is 5.02. The molecule has 0 unspecified atom stereocenters. The number of halogens is 2. The molecule has 1 rings (SSSR count). The zero-order valence-electron chi connectivity index (χ0n) is 10.9. The van der Waals surface area contributed by atoms with E-state index in [1.807, 2.05) is 0 Å². The molecule has 0 saturated heterocycles. The number of benzene rings is 1. The highest BCUT2D eigenvalue weighted by Gasteiger charge is 2.19. The minimum atomic E-state index is -0.663. The van der Waals surface area contributed by atoms with Crippen LogP contribution < -0.4 is 5.32 Å². The van der Waals surface area contributed by atoms with Gasteiger partial charge < -0.3 is 10.1 Å². The topological polar surface area (TPSA) is 55.4 Å². The van der Waals surface area contributed by atoms with Crippen molar-refractivity contribution in [3.63, 3.8) is 0 Å². The smallest absolute Gasteiger partial charge is 0.408 e. The minimum Gasteiger partial charge on any atom is -0.444 e. The second-order valence-electron chi connectivity index (χ2n) is 4.88. The molecule has 104 valence electrons. The SMILES string of the molecule is CC(C)(C)OC(=O)NCC(=O)c1c(Cl)cccc1Cl. The Morgan fingerprint density at radius 2 is 1.74 bits per heavy atom. The molecule has 0 atom stereocenters. The Balaban J connectivity index is 2.64. The van der Waals surface area contributed by atoms with Crippen LogP contribution in [0.2, 0.25) is 10.0 Å². The summed E-state index contributed by atoms with van der Waals surface area (Å²) in [6.07, 6.45) is -0.663. The van der Waals surface area contributed by atoms with E-state index in [4.69, 9.17) is 27.9 Å². The third kappa shape index (κ3) is 5.09. The predicted octanol–water partition coefficient (Wildman–Crippen LogP) is 3.70. The number of alkyl carbamates (subject to hydrolysis) is 1. The number of Topliss-reactive ketones (excluding diaryl/α,β-unsaturated/α-hetero) is 1. The van der Waals surface area contributed by atoms with Gasteiger partial charge in [-0.3, -0.25) is 4.79 Å². The van der Waals surface area contributed by atoms with Crippen molar-refractivity contribution in [1.82, 2.24) is 5.32 Å². The van der Waals surface area contributed by atoms with E-state index in [0.717, 1.165) is 0 Å². The number of ketones is 1. The Bertz CT molecular complexity index is 475. The van der Waals surface area contributed by atoms with E-state index >= 15 is 0 Å². The number of nitrogens with one attached hydrogen (secondary N) is 1. The Labute approximate surface area is 122 Å². The molecular weight excluding hydrogens is 289 g/mol. The van der Waals surface area contributed by atoms with E-state index in [2.05, 4.69) is 5.32 Å². The third-order valence-corrected chi connectivity index (χ3v) is 2.66. The first-order valence-electron chi connectivity index (χ1n) is 5.65. The molecule has 0 heterocycles. The van der Waals surface area contributed by atoms with Gasteiger partial charge in [-0.2, -0.15) is 0 Å². The van der Waals surface area contributed by atoms with Crippen molar-refractivity contribution in [2.75, 3.05) is 6.54 Å². The molecule has 1 N–H and O–H groups in total. The first-order valence-corrected chi connectivity index (χ1v) is 6.40. The van der Waals surface area contributed by atoms with Gasteiger partial charge in [0, 0.05) is 0 Å². The molecule has 1 aromatic carbocycles. The van der Waals surface area contributed by atoms with Gasteiger partial charge >= 0.3 is 6.09 Å². The molecule has 0 aliphatic heterocycles. The summed E-state index contributed by atoms with van der Waals surface area (Å²) in [7, 11) is 0. The molecule has 0 saturated carbocycles. The lowest BCUT2D eigenvalue weighted by Gasteiger charge is -2.19. The Morgan fingerprint density at radius 1 is 1.21 bits per heavy atom. The lowest BCUT2D eigenvalue weighted by molar-refractivity contribution is 0.0520. The second kappa shape index (κ2) is 6.26. The van der Waals surface area contributed by atoms with Crippen LogP contribution in [-0.4, -0.2) is 24.0 Å². The molecule has 0 aromatic heterocycles. The normalized spacial score (nSPS) is 11.0. The number of carbonyl (C=O) groups is 2. The van der Waals surface area contributed by atoms with Crippen molar-refractivity contribution in [3.05, 3.63) is 33.8 Å². The maximum Gasteiger partial charge on any atom is 0.408 e. The molecule has 1 amide bonds. The van der Waals surface area contributed by atoms with E-state index in [1.54, 1.807) is 39.0 Å². The monoisotopic (exact) mass is 303 g/mol. The zero-order chi connectivity index (χ0) is 14.6. The third-order valence-electron chi connectivity index (χ3n) is 2.03. The van der Waals surface area contributed by atoms with Crippen LogP contribution in [0.25, 0.3) is 0 Å². The number of ether oxygens (including phenoxy) is 1. The molecule has 0 fully saturated rings. The van der Waals surface area contributed by atoms with Crippen molar-refractivity contribution in [3.8, 4) is 0 Å². The fourth-order valence-corrected chi connectivity index (χ4v) is 1.93. The van der Waals surface area contributed by atoms with Gasteiger partial charge in [-0.05, 0) is 32.9 Å². The molecule has 19 heavy (non-hydrogen) atoms. The van der Waals surface area contributed by atoms with Crippen LogP contribution in [0, 0.1) is 0 Å². The summed E-state index contributed by atoms with van der Waals surface area (Å²) in [6, 6.07) is 4.77. The summed E-state index contributed by atoms with van der Waals surface area (Å²) >= 11 is 11.8. The van der Waals surface area contributed by atoms with E-state index < -0.39 is 11.7 Å². The Morgan fingerprint density at radius 3 is 2.21 bits per heavy atom. The van der Waals surface area contributed by atoms with Gasteiger partial charge in [0.2, 0.25) is 0 Å². The van der Waals surface area contributed by atoms with Crippen LogP contribution in [0.15, 0.2) is 18.2 Å². The summed E-state index contributed by atoms with van der Waals surface area (Å²) in [5.74, 6) is -0.374. The standard InChI is InChI=1S/C13H15Cl2NO3/c1-13(2,3)19-12(18)16-7-10(17)11-8(14)5-4-6-9(11)15/h4-6H,7H2,1-3H3,(H,16,18). The summed E-state index contributed by atoms with van der Waals surface area (Å²) in [5, 5.41) is 2.87. The highest BCUT2D eigenvalue weighted by Crippen LogP contribution is 2.24. The average Bonchev–Trinajstić information content (AvgIpc) is 2.23.